The molecule has 0 N–H and O–H groups in total. The summed E-state index contributed by atoms with van der Waals surface area (Å²) < 4.78 is 10.1. The maximum atomic E-state index is 11.3. The topological polar surface area (TPSA) is 38.8 Å². The highest BCUT2D eigenvalue weighted by Gasteiger charge is 2.23. The van der Waals surface area contributed by atoms with E-state index in [0.29, 0.717) is 13.2 Å². The van der Waals surface area contributed by atoms with E-state index < -0.39 is 0 Å². The lowest BCUT2D eigenvalue weighted by Crippen LogP contribution is -2.23. The smallest absolute Gasteiger partial charge is 0.414 e. The van der Waals surface area contributed by atoms with Gasteiger partial charge in [0.1, 0.15) is 12.4 Å². The lowest BCUT2D eigenvalue weighted by atomic mass is 10.2. The van der Waals surface area contributed by atoms with Crippen LogP contribution in [-0.4, -0.2) is 26.4 Å². The van der Waals surface area contributed by atoms with Crippen LogP contribution < -0.4 is 9.64 Å². The monoisotopic (exact) mass is 237 g/mol. The zero-order valence-electron chi connectivity index (χ0n) is 10.8. The fourth-order valence-electron chi connectivity index (χ4n) is 1.60. The van der Waals surface area contributed by atoms with Gasteiger partial charge in [-0.05, 0) is 18.6 Å². The summed E-state index contributed by atoms with van der Waals surface area (Å²) >= 11 is 0. The highest BCUT2D eigenvalue weighted by molar-refractivity contribution is 5.89. The molecule has 1 saturated heterocycles. The van der Waals surface area contributed by atoms with Gasteiger partial charge in [0.2, 0.25) is 0 Å². The Kier molecular flexibility index (Phi) is 4.82. The van der Waals surface area contributed by atoms with Crippen molar-refractivity contribution in [3.05, 3.63) is 23.8 Å². The summed E-state index contributed by atoms with van der Waals surface area (Å²) in [7, 11) is 1.62. The first-order valence-corrected chi connectivity index (χ1v) is 5.81. The molecule has 0 saturated carbocycles. The van der Waals surface area contributed by atoms with Gasteiger partial charge in [-0.3, -0.25) is 4.90 Å². The van der Waals surface area contributed by atoms with Crippen molar-refractivity contribution in [1.29, 1.82) is 0 Å². The molecule has 1 aromatic rings. The Morgan fingerprint density at radius 1 is 1.35 bits per heavy atom. The molecule has 0 spiro atoms. The number of anilines is 1. The Bertz CT molecular complexity index is 390. The number of nitrogens with zero attached hydrogens (tertiary/aromatic N) is 1. The number of aryl methyl sites for hydroxylation is 1. The number of ether oxygens (including phenoxy) is 2. The predicted molar refractivity (Wildman–Crippen MR) is 67.8 cm³/mol. The standard InChI is InChI=1S/C11H13NO3.C2H6/c1-8-3-4-9(7-10(8)14-2)12-5-6-15-11(12)13;1-2/h3-4,7H,5-6H2,1-2H3;1-2H3. The van der Waals surface area contributed by atoms with Crippen molar-refractivity contribution in [1.82, 2.24) is 0 Å². The molecule has 0 radical (unpaired) electrons. The second kappa shape index (κ2) is 6.13. The quantitative estimate of drug-likeness (QED) is 0.793. The predicted octanol–water partition coefficient (Wildman–Crippen LogP) is 2.99. The first-order chi connectivity index (χ1) is 8.22. The maximum Gasteiger partial charge on any atom is 0.414 e. The highest BCUT2D eigenvalue weighted by Crippen LogP contribution is 2.26. The van der Waals surface area contributed by atoms with E-state index in [1.807, 2.05) is 39.0 Å². The van der Waals surface area contributed by atoms with Gasteiger partial charge in [-0.25, -0.2) is 4.79 Å². The first-order valence-electron chi connectivity index (χ1n) is 5.81. The average molecular weight is 237 g/mol. The SMILES string of the molecule is CC.COc1cc(N2CCOC2=O)ccc1C. The minimum absolute atomic E-state index is 0.291. The molecule has 0 bridgehead atoms. The van der Waals surface area contributed by atoms with E-state index in [9.17, 15) is 4.79 Å². The molecule has 0 aliphatic carbocycles. The molecule has 17 heavy (non-hydrogen) atoms. The number of hydrogen-bond acceptors (Lipinski definition) is 3. The van der Waals surface area contributed by atoms with E-state index in [1.165, 1.54) is 0 Å². The minimum Gasteiger partial charge on any atom is -0.496 e. The van der Waals surface area contributed by atoms with E-state index >= 15 is 0 Å². The molecular formula is C13H19NO3. The molecule has 1 aliphatic rings. The molecule has 2 rings (SSSR count). The van der Waals surface area contributed by atoms with E-state index in [4.69, 9.17) is 9.47 Å². The summed E-state index contributed by atoms with van der Waals surface area (Å²) in [4.78, 5) is 12.9. The van der Waals surface area contributed by atoms with Crippen LogP contribution in [-0.2, 0) is 4.74 Å². The fraction of sp³-hybridized carbons (Fsp3) is 0.462. The van der Waals surface area contributed by atoms with Crippen molar-refractivity contribution in [3.63, 3.8) is 0 Å². The van der Waals surface area contributed by atoms with Crippen LogP contribution >= 0.6 is 0 Å². The van der Waals surface area contributed by atoms with Gasteiger partial charge < -0.3 is 9.47 Å². The van der Waals surface area contributed by atoms with Crippen LogP contribution in [0.1, 0.15) is 19.4 Å². The van der Waals surface area contributed by atoms with Crippen LogP contribution in [0.4, 0.5) is 10.5 Å². The summed E-state index contributed by atoms with van der Waals surface area (Å²) in [5.74, 6) is 0.784. The third-order valence-electron chi connectivity index (χ3n) is 2.46. The molecule has 1 aliphatic heterocycles. The molecule has 0 atom stereocenters. The number of rotatable bonds is 2. The van der Waals surface area contributed by atoms with Crippen molar-refractivity contribution >= 4 is 11.8 Å². The van der Waals surface area contributed by atoms with Gasteiger partial charge in [-0.15, -0.1) is 0 Å². The molecule has 1 amide bonds. The maximum absolute atomic E-state index is 11.3. The van der Waals surface area contributed by atoms with Gasteiger partial charge in [0.05, 0.1) is 19.3 Å². The number of methoxy groups -OCH3 is 1. The van der Waals surface area contributed by atoms with Crippen LogP contribution in [0.2, 0.25) is 0 Å². The molecule has 1 heterocycles. The molecule has 1 fully saturated rings. The van der Waals surface area contributed by atoms with Crippen LogP contribution in [0.15, 0.2) is 18.2 Å². The number of carbonyl (C=O) groups is 1. The largest absolute Gasteiger partial charge is 0.496 e. The molecule has 0 aromatic heterocycles. The zero-order chi connectivity index (χ0) is 12.8. The van der Waals surface area contributed by atoms with Gasteiger partial charge in [0.25, 0.3) is 0 Å². The number of cyclic esters (lactones) is 1. The Hall–Kier alpha value is -1.71. The normalized spacial score (nSPS) is 13.9. The third kappa shape index (κ3) is 2.90. The van der Waals surface area contributed by atoms with Crippen LogP contribution in [0.5, 0.6) is 5.75 Å². The van der Waals surface area contributed by atoms with Gasteiger partial charge >= 0.3 is 6.09 Å². The van der Waals surface area contributed by atoms with E-state index in [1.54, 1.807) is 12.0 Å². The van der Waals surface area contributed by atoms with Gasteiger partial charge in [-0.1, -0.05) is 19.9 Å². The highest BCUT2D eigenvalue weighted by atomic mass is 16.6. The average Bonchev–Trinajstić information content (AvgIpc) is 2.79. The van der Waals surface area contributed by atoms with Crippen molar-refractivity contribution in [2.45, 2.75) is 20.8 Å². The van der Waals surface area contributed by atoms with E-state index in [-0.39, 0.29) is 6.09 Å². The fourth-order valence-corrected chi connectivity index (χ4v) is 1.60. The van der Waals surface area contributed by atoms with Crippen LogP contribution in [0.25, 0.3) is 0 Å². The summed E-state index contributed by atoms with van der Waals surface area (Å²) in [5.41, 5.74) is 1.87. The summed E-state index contributed by atoms with van der Waals surface area (Å²) in [6.45, 7) is 7.02. The Balaban J connectivity index is 0.000000686. The van der Waals surface area contributed by atoms with Crippen LogP contribution in [0.3, 0.4) is 0 Å². The second-order valence-electron chi connectivity index (χ2n) is 3.42. The molecule has 4 heteroatoms. The van der Waals surface area contributed by atoms with E-state index in [0.717, 1.165) is 17.0 Å². The second-order valence-corrected chi connectivity index (χ2v) is 3.42. The van der Waals surface area contributed by atoms with E-state index in [2.05, 4.69) is 0 Å². The van der Waals surface area contributed by atoms with Crippen molar-refractivity contribution in [2.24, 2.45) is 0 Å². The van der Waals surface area contributed by atoms with Crippen molar-refractivity contribution in [2.75, 3.05) is 25.2 Å². The van der Waals surface area contributed by atoms with Gasteiger partial charge in [-0.2, -0.15) is 0 Å². The summed E-state index contributed by atoms with van der Waals surface area (Å²) in [6.07, 6.45) is -0.291. The Morgan fingerprint density at radius 3 is 2.59 bits per heavy atom. The number of carbonyl (C=O) groups excluding carboxylic acids is 1. The zero-order valence-corrected chi connectivity index (χ0v) is 10.8. The molecule has 94 valence electrons. The number of hydrogen-bond donors (Lipinski definition) is 0. The summed E-state index contributed by atoms with van der Waals surface area (Å²) in [5, 5.41) is 0. The Morgan fingerprint density at radius 2 is 2.06 bits per heavy atom. The number of amides is 1. The van der Waals surface area contributed by atoms with Gasteiger partial charge in [0.15, 0.2) is 0 Å². The minimum atomic E-state index is -0.291. The third-order valence-corrected chi connectivity index (χ3v) is 2.46. The number of benzene rings is 1. The molecule has 4 nitrogen and oxygen atoms in total. The van der Waals surface area contributed by atoms with Crippen LogP contribution in [0, 0.1) is 6.92 Å². The summed E-state index contributed by atoms with van der Waals surface area (Å²) in [6, 6.07) is 5.67. The van der Waals surface area contributed by atoms with Crippen molar-refractivity contribution < 1.29 is 14.3 Å². The first kappa shape index (κ1) is 13.4. The molecule has 0 unspecified atom stereocenters. The Labute approximate surface area is 102 Å². The lowest BCUT2D eigenvalue weighted by Gasteiger charge is -2.14. The lowest BCUT2D eigenvalue weighted by molar-refractivity contribution is 0.181. The molecule has 1 aromatic carbocycles. The van der Waals surface area contributed by atoms with Gasteiger partial charge in [0, 0.05) is 6.07 Å². The molecular weight excluding hydrogens is 218 g/mol. The van der Waals surface area contributed by atoms with Crippen molar-refractivity contribution in [3.8, 4) is 5.75 Å².